The van der Waals surface area contributed by atoms with E-state index < -0.39 is 0 Å². The smallest absolute Gasteiger partial charge is 0.248 e. The molecule has 1 atom stereocenters. The molecule has 22 heavy (non-hydrogen) atoms. The maximum absolute atomic E-state index is 13.2. The maximum atomic E-state index is 13.2. The summed E-state index contributed by atoms with van der Waals surface area (Å²) in [6.45, 7) is 0.778. The van der Waals surface area contributed by atoms with E-state index in [1.165, 1.54) is 5.56 Å². The molecule has 1 aliphatic heterocycles. The number of benzene rings is 1. The lowest BCUT2D eigenvalue weighted by atomic mass is 9.99. The van der Waals surface area contributed by atoms with Crippen LogP contribution < -0.4 is 4.90 Å². The molecule has 2 heterocycles. The van der Waals surface area contributed by atoms with Crippen molar-refractivity contribution < 1.29 is 4.79 Å². The molecule has 1 unspecified atom stereocenters. The fraction of sp³-hybridized carbons (Fsp3) is 0.333. The van der Waals surface area contributed by atoms with Gasteiger partial charge in [0.05, 0.1) is 0 Å². The molecule has 0 bridgehead atoms. The Kier molecular flexibility index (Phi) is 4.20. The number of nitrogens with zero attached hydrogens (tertiary/aromatic N) is 3. The van der Waals surface area contributed by atoms with Crippen LogP contribution in [0.15, 0.2) is 48.8 Å². The van der Waals surface area contributed by atoms with E-state index in [4.69, 9.17) is 0 Å². The van der Waals surface area contributed by atoms with Crippen LogP contribution in [0.1, 0.15) is 23.6 Å². The number of pyridine rings is 1. The minimum absolute atomic E-state index is 0.116. The Labute approximate surface area is 131 Å². The third-order valence-corrected chi connectivity index (χ3v) is 4.13. The van der Waals surface area contributed by atoms with Gasteiger partial charge in [-0.05, 0) is 50.2 Å². The number of anilines is 1. The largest absolute Gasteiger partial charge is 0.310 e. The predicted molar refractivity (Wildman–Crippen MR) is 87.8 cm³/mol. The summed E-state index contributed by atoms with van der Waals surface area (Å²) in [7, 11) is 3.87. The van der Waals surface area contributed by atoms with Gasteiger partial charge in [-0.3, -0.25) is 14.7 Å². The van der Waals surface area contributed by atoms with Crippen molar-refractivity contribution in [3.8, 4) is 0 Å². The van der Waals surface area contributed by atoms with Crippen molar-refractivity contribution in [2.45, 2.75) is 18.9 Å². The van der Waals surface area contributed by atoms with E-state index in [0.717, 1.165) is 30.6 Å². The average Bonchev–Trinajstić information content (AvgIpc) is 2.55. The Morgan fingerprint density at radius 2 is 2.05 bits per heavy atom. The van der Waals surface area contributed by atoms with E-state index in [0.29, 0.717) is 0 Å². The Morgan fingerprint density at radius 1 is 1.23 bits per heavy atom. The summed E-state index contributed by atoms with van der Waals surface area (Å²) in [6, 6.07) is 11.7. The second kappa shape index (κ2) is 6.28. The number of hydrogen-bond donors (Lipinski definition) is 0. The molecule has 0 spiro atoms. The van der Waals surface area contributed by atoms with E-state index >= 15 is 0 Å². The SMILES string of the molecule is CN(C)C(C(=O)N1CCCc2ccccc21)c1cccnc1. The van der Waals surface area contributed by atoms with Gasteiger partial charge in [0.2, 0.25) is 5.91 Å². The van der Waals surface area contributed by atoms with E-state index in [1.54, 1.807) is 12.4 Å². The molecule has 3 rings (SSSR count). The Morgan fingerprint density at radius 3 is 2.77 bits per heavy atom. The maximum Gasteiger partial charge on any atom is 0.248 e. The number of fused-ring (bicyclic) bond motifs is 1. The van der Waals surface area contributed by atoms with Crippen molar-refractivity contribution in [2.24, 2.45) is 0 Å². The summed E-state index contributed by atoms with van der Waals surface area (Å²) in [5, 5.41) is 0. The molecule has 0 fully saturated rings. The topological polar surface area (TPSA) is 36.4 Å². The minimum Gasteiger partial charge on any atom is -0.310 e. The third-order valence-electron chi connectivity index (χ3n) is 4.13. The van der Waals surface area contributed by atoms with Crippen molar-refractivity contribution in [3.63, 3.8) is 0 Å². The molecule has 2 aromatic rings. The van der Waals surface area contributed by atoms with Crippen molar-refractivity contribution in [1.82, 2.24) is 9.88 Å². The lowest BCUT2D eigenvalue weighted by Crippen LogP contribution is -2.43. The van der Waals surface area contributed by atoms with E-state index in [-0.39, 0.29) is 11.9 Å². The normalized spacial score (nSPS) is 15.5. The molecule has 4 nitrogen and oxygen atoms in total. The minimum atomic E-state index is -0.306. The molecule has 4 heteroatoms. The molecule has 1 aromatic carbocycles. The van der Waals surface area contributed by atoms with Crippen molar-refractivity contribution in [2.75, 3.05) is 25.5 Å². The molecular formula is C18H21N3O. The molecule has 0 aliphatic carbocycles. The van der Waals surface area contributed by atoms with Crippen molar-refractivity contribution in [1.29, 1.82) is 0 Å². The molecule has 0 saturated heterocycles. The predicted octanol–water partition coefficient (Wildman–Crippen LogP) is 2.66. The summed E-state index contributed by atoms with van der Waals surface area (Å²) in [5.41, 5.74) is 3.24. The first-order chi connectivity index (χ1) is 10.7. The van der Waals surface area contributed by atoms with Gasteiger partial charge in [-0.15, -0.1) is 0 Å². The lowest BCUT2D eigenvalue weighted by Gasteiger charge is -2.34. The molecule has 1 amide bonds. The number of hydrogen-bond acceptors (Lipinski definition) is 3. The summed E-state index contributed by atoms with van der Waals surface area (Å²) in [4.78, 5) is 21.2. The number of para-hydroxylation sites is 1. The van der Waals surface area contributed by atoms with Crippen LogP contribution in [0.3, 0.4) is 0 Å². The lowest BCUT2D eigenvalue weighted by molar-refractivity contribution is -0.123. The number of aromatic nitrogens is 1. The van der Waals surface area contributed by atoms with Crippen LogP contribution in [0.25, 0.3) is 0 Å². The fourth-order valence-corrected chi connectivity index (χ4v) is 3.11. The fourth-order valence-electron chi connectivity index (χ4n) is 3.11. The number of aryl methyl sites for hydroxylation is 1. The van der Waals surface area contributed by atoms with Crippen molar-refractivity contribution in [3.05, 3.63) is 59.9 Å². The van der Waals surface area contributed by atoms with Crippen molar-refractivity contribution >= 4 is 11.6 Å². The zero-order chi connectivity index (χ0) is 15.5. The molecule has 0 N–H and O–H groups in total. The van der Waals surface area contributed by atoms with Gasteiger partial charge in [-0.2, -0.15) is 0 Å². The third kappa shape index (κ3) is 2.74. The van der Waals surface area contributed by atoms with Crippen LogP contribution in [0.2, 0.25) is 0 Å². The van der Waals surface area contributed by atoms with Gasteiger partial charge in [0, 0.05) is 24.6 Å². The Bertz CT molecular complexity index is 654. The zero-order valence-corrected chi connectivity index (χ0v) is 13.1. The van der Waals surface area contributed by atoms with Gasteiger partial charge in [0.25, 0.3) is 0 Å². The number of amides is 1. The van der Waals surface area contributed by atoms with Crippen LogP contribution in [-0.2, 0) is 11.2 Å². The highest BCUT2D eigenvalue weighted by Gasteiger charge is 2.31. The molecule has 1 aromatic heterocycles. The van der Waals surface area contributed by atoms with E-state index in [1.807, 2.05) is 54.2 Å². The number of rotatable bonds is 3. The summed E-state index contributed by atoms with van der Waals surface area (Å²) >= 11 is 0. The van der Waals surface area contributed by atoms with Gasteiger partial charge in [-0.25, -0.2) is 0 Å². The van der Waals surface area contributed by atoms with Crippen LogP contribution in [0.4, 0.5) is 5.69 Å². The van der Waals surface area contributed by atoms with Gasteiger partial charge < -0.3 is 4.90 Å². The molecule has 0 saturated carbocycles. The molecule has 0 radical (unpaired) electrons. The number of carbonyl (C=O) groups excluding carboxylic acids is 1. The quantitative estimate of drug-likeness (QED) is 0.873. The Hall–Kier alpha value is -2.20. The highest BCUT2D eigenvalue weighted by Crippen LogP contribution is 2.30. The first-order valence-corrected chi connectivity index (χ1v) is 7.64. The van der Waals surface area contributed by atoms with Gasteiger partial charge in [-0.1, -0.05) is 24.3 Å². The van der Waals surface area contributed by atoms with Gasteiger partial charge in [0.15, 0.2) is 0 Å². The first kappa shape index (κ1) is 14.7. The van der Waals surface area contributed by atoms with Gasteiger partial charge in [0.1, 0.15) is 6.04 Å². The van der Waals surface area contributed by atoms with Gasteiger partial charge >= 0.3 is 0 Å². The number of likely N-dealkylation sites (N-methyl/N-ethyl adjacent to an activating group) is 1. The summed E-state index contributed by atoms with van der Waals surface area (Å²) in [6.07, 6.45) is 5.56. The average molecular weight is 295 g/mol. The molecule has 1 aliphatic rings. The Balaban J connectivity index is 1.96. The summed E-state index contributed by atoms with van der Waals surface area (Å²) in [5.74, 6) is 0.116. The summed E-state index contributed by atoms with van der Waals surface area (Å²) < 4.78 is 0. The number of carbonyl (C=O) groups is 1. The highest BCUT2D eigenvalue weighted by atomic mass is 16.2. The molecule has 114 valence electrons. The van der Waals surface area contributed by atoms with Crippen LogP contribution in [0, 0.1) is 0 Å². The van der Waals surface area contributed by atoms with E-state index in [2.05, 4.69) is 11.1 Å². The zero-order valence-electron chi connectivity index (χ0n) is 13.1. The van der Waals surface area contributed by atoms with E-state index in [9.17, 15) is 4.79 Å². The van der Waals surface area contributed by atoms with Crippen LogP contribution in [-0.4, -0.2) is 36.4 Å². The highest BCUT2D eigenvalue weighted by molar-refractivity contribution is 5.98. The van der Waals surface area contributed by atoms with Crippen LogP contribution in [0.5, 0.6) is 0 Å². The standard InChI is InChI=1S/C18H21N3O/c1-20(2)17(15-8-5-11-19-13-15)18(22)21-12-6-9-14-7-3-4-10-16(14)21/h3-5,7-8,10-11,13,17H,6,9,12H2,1-2H3. The first-order valence-electron chi connectivity index (χ1n) is 7.64. The second-order valence-corrected chi connectivity index (χ2v) is 5.87. The monoisotopic (exact) mass is 295 g/mol. The second-order valence-electron chi connectivity index (χ2n) is 5.87. The van der Waals surface area contributed by atoms with Crippen LogP contribution >= 0.6 is 0 Å². The molecular weight excluding hydrogens is 274 g/mol.